The molecule has 0 aliphatic rings. The van der Waals surface area contributed by atoms with Gasteiger partial charge in [-0.05, 0) is 42.3 Å². The van der Waals surface area contributed by atoms with Crippen molar-refractivity contribution in [2.45, 2.75) is 13.5 Å². The zero-order valence-corrected chi connectivity index (χ0v) is 14.8. The first-order valence-corrected chi connectivity index (χ1v) is 8.66. The zero-order chi connectivity index (χ0) is 18.6. The van der Waals surface area contributed by atoms with Gasteiger partial charge in [0.05, 0.1) is 5.39 Å². The summed E-state index contributed by atoms with van der Waals surface area (Å²) >= 11 is 0. The highest BCUT2D eigenvalue weighted by Crippen LogP contribution is 2.24. The Bertz CT molecular complexity index is 1130. The van der Waals surface area contributed by atoms with Gasteiger partial charge in [0, 0.05) is 6.07 Å². The lowest BCUT2D eigenvalue weighted by molar-refractivity contribution is 0.306. The smallest absolute Gasteiger partial charge is 0.235 e. The van der Waals surface area contributed by atoms with Gasteiger partial charge in [-0.1, -0.05) is 42.5 Å². The lowest BCUT2D eigenvalue weighted by Gasteiger charge is -2.08. The van der Waals surface area contributed by atoms with Crippen LogP contribution >= 0.6 is 0 Å². The van der Waals surface area contributed by atoms with E-state index in [2.05, 4.69) is 0 Å². The van der Waals surface area contributed by atoms with Crippen molar-refractivity contribution >= 4 is 11.0 Å². The Labute approximate surface area is 156 Å². The second-order valence-electron chi connectivity index (χ2n) is 6.28. The van der Waals surface area contributed by atoms with Crippen molar-refractivity contribution in [3.05, 3.63) is 100 Å². The largest absolute Gasteiger partial charge is 0.489 e. The second-order valence-corrected chi connectivity index (χ2v) is 6.28. The van der Waals surface area contributed by atoms with E-state index in [4.69, 9.17) is 13.9 Å². The molecule has 0 saturated heterocycles. The summed E-state index contributed by atoms with van der Waals surface area (Å²) in [4.78, 5) is 12.7. The fourth-order valence-electron chi connectivity index (χ4n) is 2.80. The number of ether oxygens (including phenoxy) is 2. The summed E-state index contributed by atoms with van der Waals surface area (Å²) in [7, 11) is 0. The molecule has 134 valence electrons. The van der Waals surface area contributed by atoms with Crippen molar-refractivity contribution in [1.29, 1.82) is 0 Å². The molecular weight excluding hydrogens is 340 g/mol. The normalized spacial score (nSPS) is 10.7. The predicted octanol–water partition coefficient (Wildman–Crippen LogP) is 5.47. The van der Waals surface area contributed by atoms with E-state index in [1.54, 1.807) is 24.3 Å². The minimum Gasteiger partial charge on any atom is -0.489 e. The van der Waals surface area contributed by atoms with Gasteiger partial charge in [0.2, 0.25) is 11.2 Å². The second kappa shape index (κ2) is 7.38. The number of benzene rings is 3. The van der Waals surface area contributed by atoms with Crippen molar-refractivity contribution in [2.24, 2.45) is 0 Å². The highest BCUT2D eigenvalue weighted by molar-refractivity contribution is 5.79. The highest BCUT2D eigenvalue weighted by Gasteiger charge is 2.10. The van der Waals surface area contributed by atoms with Gasteiger partial charge in [-0.3, -0.25) is 4.79 Å². The molecule has 1 heterocycles. The number of aryl methyl sites for hydroxylation is 1. The Morgan fingerprint density at radius 3 is 2.56 bits per heavy atom. The number of hydrogen-bond donors (Lipinski definition) is 0. The van der Waals surface area contributed by atoms with Crippen LogP contribution in [-0.4, -0.2) is 0 Å². The minimum absolute atomic E-state index is 0.158. The van der Waals surface area contributed by atoms with Gasteiger partial charge >= 0.3 is 0 Å². The van der Waals surface area contributed by atoms with Gasteiger partial charge in [-0.2, -0.15) is 0 Å². The van der Waals surface area contributed by atoms with Gasteiger partial charge in [-0.25, -0.2) is 0 Å². The molecule has 4 aromatic rings. The quantitative estimate of drug-likeness (QED) is 0.474. The van der Waals surface area contributed by atoms with Crippen molar-refractivity contribution in [3.8, 4) is 17.2 Å². The molecule has 0 N–H and O–H groups in total. The van der Waals surface area contributed by atoms with E-state index in [1.807, 2.05) is 55.5 Å². The summed E-state index contributed by atoms with van der Waals surface area (Å²) in [5.74, 6) is 1.40. The van der Waals surface area contributed by atoms with Crippen molar-refractivity contribution in [1.82, 2.24) is 0 Å². The predicted molar refractivity (Wildman–Crippen MR) is 105 cm³/mol. The maximum atomic E-state index is 12.7. The SMILES string of the molecule is Cc1cccc(Oc2coc3cc(OCc4ccccc4)ccc3c2=O)c1. The van der Waals surface area contributed by atoms with E-state index in [-0.39, 0.29) is 11.2 Å². The molecule has 0 aliphatic carbocycles. The molecule has 4 nitrogen and oxygen atoms in total. The summed E-state index contributed by atoms with van der Waals surface area (Å²) in [6.45, 7) is 2.41. The fourth-order valence-corrected chi connectivity index (χ4v) is 2.80. The van der Waals surface area contributed by atoms with Crippen LogP contribution in [0, 0.1) is 6.92 Å². The summed E-state index contributed by atoms with van der Waals surface area (Å²) in [5.41, 5.74) is 2.37. The zero-order valence-electron chi connectivity index (χ0n) is 14.8. The lowest BCUT2D eigenvalue weighted by Crippen LogP contribution is -2.05. The lowest BCUT2D eigenvalue weighted by atomic mass is 10.2. The maximum absolute atomic E-state index is 12.7. The third kappa shape index (κ3) is 3.85. The molecule has 0 atom stereocenters. The van der Waals surface area contributed by atoms with E-state index < -0.39 is 0 Å². The van der Waals surface area contributed by atoms with E-state index in [9.17, 15) is 4.79 Å². The molecule has 0 saturated carbocycles. The van der Waals surface area contributed by atoms with E-state index >= 15 is 0 Å². The van der Waals surface area contributed by atoms with Gasteiger partial charge in [-0.15, -0.1) is 0 Å². The van der Waals surface area contributed by atoms with Crippen molar-refractivity contribution in [2.75, 3.05) is 0 Å². The van der Waals surface area contributed by atoms with E-state index in [0.717, 1.165) is 11.1 Å². The molecule has 0 unspecified atom stereocenters. The van der Waals surface area contributed by atoms with Crippen molar-refractivity contribution in [3.63, 3.8) is 0 Å². The summed E-state index contributed by atoms with van der Waals surface area (Å²) < 4.78 is 17.1. The molecule has 4 heteroatoms. The van der Waals surface area contributed by atoms with Crippen LogP contribution in [0.25, 0.3) is 11.0 Å². The van der Waals surface area contributed by atoms with Crippen LogP contribution in [-0.2, 0) is 6.61 Å². The third-order valence-corrected chi connectivity index (χ3v) is 4.18. The molecule has 0 radical (unpaired) electrons. The standard InChI is InChI=1S/C23H18O4/c1-16-6-5-9-19(12-16)27-22-15-26-21-13-18(10-11-20(21)23(22)24)25-14-17-7-3-2-4-8-17/h2-13,15H,14H2,1H3. The number of rotatable bonds is 5. The highest BCUT2D eigenvalue weighted by atomic mass is 16.5. The van der Waals surface area contributed by atoms with Crippen LogP contribution in [0.5, 0.6) is 17.2 Å². The van der Waals surface area contributed by atoms with Gasteiger partial charge in [0.15, 0.2) is 0 Å². The van der Waals surface area contributed by atoms with Crippen LogP contribution in [0.4, 0.5) is 0 Å². The first-order valence-electron chi connectivity index (χ1n) is 8.66. The van der Waals surface area contributed by atoms with Crippen LogP contribution in [0.1, 0.15) is 11.1 Å². The molecule has 0 aliphatic heterocycles. The third-order valence-electron chi connectivity index (χ3n) is 4.18. The van der Waals surface area contributed by atoms with Crippen molar-refractivity contribution < 1.29 is 13.9 Å². The Kier molecular flexibility index (Phi) is 4.62. The Morgan fingerprint density at radius 1 is 0.889 bits per heavy atom. The van der Waals surface area contributed by atoms with Crippen LogP contribution in [0.3, 0.4) is 0 Å². The Morgan fingerprint density at radius 2 is 1.74 bits per heavy atom. The fraction of sp³-hybridized carbons (Fsp3) is 0.0870. The molecule has 0 fully saturated rings. The van der Waals surface area contributed by atoms with Crippen LogP contribution in [0.2, 0.25) is 0 Å². The molecule has 27 heavy (non-hydrogen) atoms. The summed E-state index contributed by atoms with van der Waals surface area (Å²) in [6.07, 6.45) is 1.34. The first kappa shape index (κ1) is 16.9. The molecule has 0 spiro atoms. The topological polar surface area (TPSA) is 48.7 Å². The molecule has 3 aromatic carbocycles. The number of hydrogen-bond acceptors (Lipinski definition) is 4. The maximum Gasteiger partial charge on any atom is 0.235 e. The monoisotopic (exact) mass is 358 g/mol. The van der Waals surface area contributed by atoms with E-state index in [1.165, 1.54) is 6.26 Å². The molecular formula is C23H18O4. The molecule has 4 rings (SSSR count). The first-order chi connectivity index (χ1) is 13.2. The van der Waals surface area contributed by atoms with Gasteiger partial charge < -0.3 is 13.9 Å². The number of fused-ring (bicyclic) bond motifs is 1. The Hall–Kier alpha value is -3.53. The molecule has 0 amide bonds. The molecule has 1 aromatic heterocycles. The average Bonchev–Trinajstić information content (AvgIpc) is 2.69. The van der Waals surface area contributed by atoms with Gasteiger partial charge in [0.25, 0.3) is 0 Å². The minimum atomic E-state index is -0.215. The Balaban J connectivity index is 1.57. The summed E-state index contributed by atoms with van der Waals surface area (Å²) in [5, 5.41) is 0.451. The van der Waals surface area contributed by atoms with Crippen LogP contribution in [0.15, 0.2) is 88.3 Å². The van der Waals surface area contributed by atoms with Crippen LogP contribution < -0.4 is 14.9 Å². The van der Waals surface area contributed by atoms with Gasteiger partial charge in [0.1, 0.15) is 30.0 Å². The summed E-state index contributed by atoms with van der Waals surface area (Å²) in [6, 6.07) is 22.6. The average molecular weight is 358 g/mol. The van der Waals surface area contributed by atoms with E-state index in [0.29, 0.717) is 29.1 Å². The molecule has 0 bridgehead atoms.